The summed E-state index contributed by atoms with van der Waals surface area (Å²) in [6.07, 6.45) is -4.50. The second-order valence-corrected chi connectivity index (χ2v) is 4.83. The lowest BCUT2D eigenvalue weighted by Crippen LogP contribution is -2.19. The molecule has 0 unspecified atom stereocenters. The molecule has 0 aliphatic carbocycles. The van der Waals surface area contributed by atoms with Crippen molar-refractivity contribution < 1.29 is 17.6 Å². The lowest BCUT2D eigenvalue weighted by molar-refractivity contribution is -0.138. The van der Waals surface area contributed by atoms with Crippen LogP contribution >= 0.6 is 0 Å². The number of nitrogens with one attached hydrogen (secondary N) is 1. The van der Waals surface area contributed by atoms with E-state index in [0.29, 0.717) is 5.52 Å². The van der Waals surface area contributed by atoms with Crippen molar-refractivity contribution in [3.63, 3.8) is 0 Å². The summed E-state index contributed by atoms with van der Waals surface area (Å²) in [5, 5.41) is 0. The zero-order chi connectivity index (χ0) is 15.9. The summed E-state index contributed by atoms with van der Waals surface area (Å²) in [5.74, 6) is -0.531. The molecule has 22 heavy (non-hydrogen) atoms. The van der Waals surface area contributed by atoms with E-state index >= 15 is 0 Å². The molecule has 1 N–H and O–H groups in total. The van der Waals surface area contributed by atoms with Crippen molar-refractivity contribution in [2.45, 2.75) is 12.7 Å². The number of rotatable bonds is 2. The number of imidazole rings is 1. The lowest BCUT2D eigenvalue weighted by atomic mass is 10.1. The van der Waals surface area contributed by atoms with Crippen molar-refractivity contribution >= 4 is 11.0 Å². The van der Waals surface area contributed by atoms with E-state index in [1.54, 1.807) is 0 Å². The van der Waals surface area contributed by atoms with Crippen molar-refractivity contribution in [1.82, 2.24) is 9.55 Å². The molecule has 1 heterocycles. The van der Waals surface area contributed by atoms with E-state index in [9.17, 15) is 22.4 Å². The normalized spacial score (nSPS) is 12.0. The van der Waals surface area contributed by atoms with Gasteiger partial charge in [-0.05, 0) is 29.8 Å². The minimum Gasteiger partial charge on any atom is -0.305 e. The Bertz CT molecular complexity index is 892. The maximum atomic E-state index is 13.1. The predicted molar refractivity (Wildman–Crippen MR) is 73.1 cm³/mol. The number of alkyl halides is 3. The Labute approximate surface area is 121 Å². The van der Waals surface area contributed by atoms with E-state index in [1.807, 2.05) is 0 Å². The Kier molecular flexibility index (Phi) is 3.27. The van der Waals surface area contributed by atoms with Gasteiger partial charge in [0.1, 0.15) is 5.82 Å². The van der Waals surface area contributed by atoms with Gasteiger partial charge >= 0.3 is 11.9 Å². The molecule has 0 amide bonds. The van der Waals surface area contributed by atoms with Crippen LogP contribution in [0.3, 0.4) is 0 Å². The van der Waals surface area contributed by atoms with Crippen molar-refractivity contribution in [1.29, 1.82) is 0 Å². The largest absolute Gasteiger partial charge is 0.416 e. The fourth-order valence-electron chi connectivity index (χ4n) is 2.40. The zero-order valence-electron chi connectivity index (χ0n) is 11.1. The SMILES string of the molecule is O=c1[nH]c2cc(F)ccc2n1Cc1ccccc1C(F)(F)F. The number of H-pyrrole nitrogens is 1. The maximum absolute atomic E-state index is 13.1. The molecule has 0 bridgehead atoms. The van der Waals surface area contributed by atoms with Gasteiger partial charge in [0.25, 0.3) is 0 Å². The van der Waals surface area contributed by atoms with Gasteiger partial charge in [0.15, 0.2) is 0 Å². The number of aromatic nitrogens is 2. The Morgan fingerprint density at radius 2 is 1.82 bits per heavy atom. The lowest BCUT2D eigenvalue weighted by Gasteiger charge is -2.13. The minimum absolute atomic E-state index is 0.0256. The van der Waals surface area contributed by atoms with Crippen LogP contribution in [0.15, 0.2) is 47.3 Å². The summed E-state index contributed by atoms with van der Waals surface area (Å²) in [5.41, 5.74) is -0.809. The van der Waals surface area contributed by atoms with Gasteiger partial charge in [-0.1, -0.05) is 18.2 Å². The van der Waals surface area contributed by atoms with Gasteiger partial charge in [-0.25, -0.2) is 9.18 Å². The van der Waals surface area contributed by atoms with Crippen molar-refractivity contribution in [3.8, 4) is 0 Å². The highest BCUT2D eigenvalue weighted by Crippen LogP contribution is 2.32. The van der Waals surface area contributed by atoms with Crippen LogP contribution in [0.2, 0.25) is 0 Å². The molecule has 114 valence electrons. The molecule has 0 fully saturated rings. The number of hydrogen-bond donors (Lipinski definition) is 1. The van der Waals surface area contributed by atoms with Gasteiger partial charge in [0.2, 0.25) is 0 Å². The molecular weight excluding hydrogens is 300 g/mol. The van der Waals surface area contributed by atoms with Gasteiger partial charge in [-0.3, -0.25) is 4.57 Å². The first-order valence-electron chi connectivity index (χ1n) is 6.39. The van der Waals surface area contributed by atoms with Crippen LogP contribution < -0.4 is 5.69 Å². The molecule has 1 aromatic heterocycles. The standard InChI is InChI=1S/C15H10F4N2O/c16-10-5-6-13-12(7-10)20-14(22)21(13)8-9-3-1-2-4-11(9)15(17,18)19/h1-7H,8H2,(H,20,22). The fourth-order valence-corrected chi connectivity index (χ4v) is 2.40. The summed E-state index contributed by atoms with van der Waals surface area (Å²) in [6, 6.07) is 8.69. The van der Waals surface area contributed by atoms with Gasteiger partial charge in [-0.15, -0.1) is 0 Å². The third kappa shape index (κ3) is 2.49. The molecule has 3 rings (SSSR count). The highest BCUT2D eigenvalue weighted by Gasteiger charge is 2.33. The van der Waals surface area contributed by atoms with Gasteiger partial charge < -0.3 is 4.98 Å². The van der Waals surface area contributed by atoms with Gasteiger partial charge in [-0.2, -0.15) is 13.2 Å². The second kappa shape index (κ2) is 5.01. The van der Waals surface area contributed by atoms with Crippen LogP contribution in [0.5, 0.6) is 0 Å². The summed E-state index contributed by atoms with van der Waals surface area (Å²) in [6.45, 7) is -0.250. The summed E-state index contributed by atoms with van der Waals surface area (Å²) in [7, 11) is 0. The summed E-state index contributed by atoms with van der Waals surface area (Å²) < 4.78 is 53.3. The highest BCUT2D eigenvalue weighted by molar-refractivity contribution is 5.75. The first kappa shape index (κ1) is 14.4. The Morgan fingerprint density at radius 1 is 1.09 bits per heavy atom. The molecule has 0 aliphatic heterocycles. The maximum Gasteiger partial charge on any atom is 0.416 e. The third-order valence-corrected chi connectivity index (χ3v) is 3.39. The molecule has 0 atom stereocenters. The summed E-state index contributed by atoms with van der Waals surface area (Å²) in [4.78, 5) is 14.4. The fraction of sp³-hybridized carbons (Fsp3) is 0.133. The van der Waals surface area contributed by atoms with Crippen molar-refractivity contribution in [2.24, 2.45) is 0 Å². The topological polar surface area (TPSA) is 37.8 Å². The molecule has 3 nitrogen and oxygen atoms in total. The average molecular weight is 310 g/mol. The molecule has 7 heteroatoms. The number of aromatic amines is 1. The number of fused-ring (bicyclic) bond motifs is 1. The number of halogens is 4. The van der Waals surface area contributed by atoms with Crippen molar-refractivity contribution in [3.05, 3.63) is 69.9 Å². The van der Waals surface area contributed by atoms with E-state index in [4.69, 9.17) is 0 Å². The van der Waals surface area contributed by atoms with E-state index in [0.717, 1.165) is 22.8 Å². The van der Waals surface area contributed by atoms with E-state index in [-0.39, 0.29) is 17.6 Å². The van der Waals surface area contributed by atoms with Crippen LogP contribution in [-0.2, 0) is 12.7 Å². The van der Waals surface area contributed by atoms with E-state index < -0.39 is 23.2 Å². The molecule has 0 aliphatic rings. The first-order valence-corrected chi connectivity index (χ1v) is 6.39. The Morgan fingerprint density at radius 3 is 2.55 bits per heavy atom. The smallest absolute Gasteiger partial charge is 0.305 e. The molecule has 0 saturated carbocycles. The van der Waals surface area contributed by atoms with Crippen LogP contribution in [0, 0.1) is 5.82 Å². The van der Waals surface area contributed by atoms with Crippen LogP contribution in [-0.4, -0.2) is 9.55 Å². The van der Waals surface area contributed by atoms with Gasteiger partial charge in [0, 0.05) is 0 Å². The average Bonchev–Trinajstić information content (AvgIpc) is 2.74. The number of benzene rings is 2. The Hall–Kier alpha value is -2.57. The molecule has 2 aromatic carbocycles. The monoisotopic (exact) mass is 310 g/mol. The first-order chi connectivity index (χ1) is 10.4. The molecule has 0 radical (unpaired) electrons. The Balaban J connectivity index is 2.12. The number of nitrogens with zero attached hydrogens (tertiary/aromatic N) is 1. The van der Waals surface area contributed by atoms with Crippen molar-refractivity contribution in [2.75, 3.05) is 0 Å². The van der Waals surface area contributed by atoms with Crippen LogP contribution in [0.1, 0.15) is 11.1 Å². The van der Waals surface area contributed by atoms with Gasteiger partial charge in [0.05, 0.1) is 23.1 Å². The number of hydrogen-bond acceptors (Lipinski definition) is 1. The third-order valence-electron chi connectivity index (χ3n) is 3.39. The zero-order valence-corrected chi connectivity index (χ0v) is 11.1. The summed E-state index contributed by atoms with van der Waals surface area (Å²) >= 11 is 0. The second-order valence-electron chi connectivity index (χ2n) is 4.83. The predicted octanol–water partition coefficient (Wildman–Crippen LogP) is 3.54. The molecule has 0 saturated heterocycles. The molecule has 3 aromatic rings. The quantitative estimate of drug-likeness (QED) is 0.722. The molecular formula is C15H10F4N2O. The molecule has 0 spiro atoms. The minimum atomic E-state index is -4.50. The van der Waals surface area contributed by atoms with Crippen LogP contribution in [0.25, 0.3) is 11.0 Å². The van der Waals surface area contributed by atoms with E-state index in [2.05, 4.69) is 4.98 Å². The van der Waals surface area contributed by atoms with Crippen LogP contribution in [0.4, 0.5) is 17.6 Å². The van der Waals surface area contributed by atoms with E-state index in [1.165, 1.54) is 24.3 Å². The highest BCUT2D eigenvalue weighted by atomic mass is 19.4.